The van der Waals surface area contributed by atoms with Gasteiger partial charge in [0.15, 0.2) is 0 Å². The van der Waals surface area contributed by atoms with E-state index < -0.39 is 12.2 Å². The predicted molar refractivity (Wildman–Crippen MR) is 86.0 cm³/mol. The zero-order chi connectivity index (χ0) is 16.8. The van der Waals surface area contributed by atoms with E-state index in [1.165, 1.54) is 4.90 Å². The monoisotopic (exact) mass is 318 g/mol. The molecule has 3 atom stereocenters. The molecule has 2 N–H and O–H groups in total. The summed E-state index contributed by atoms with van der Waals surface area (Å²) < 4.78 is 5.20. The van der Waals surface area contributed by atoms with Crippen molar-refractivity contribution >= 4 is 12.2 Å². The predicted octanol–water partition coefficient (Wildman–Crippen LogP) is 2.86. The molecule has 0 radical (unpaired) electrons. The SMILES string of the molecule is C[C@H]1C=C[C@H](C)N(C(=O)O)C[C@H]1NC(=O)OCc1ccccc1. The second kappa shape index (κ2) is 7.67. The maximum atomic E-state index is 12.0. The van der Waals surface area contributed by atoms with Gasteiger partial charge in [-0.15, -0.1) is 0 Å². The second-order valence-electron chi connectivity index (χ2n) is 5.73. The molecular weight excluding hydrogens is 296 g/mol. The van der Waals surface area contributed by atoms with E-state index in [1.54, 1.807) is 0 Å². The van der Waals surface area contributed by atoms with Crippen LogP contribution in [0.4, 0.5) is 9.59 Å². The number of carbonyl (C=O) groups is 2. The Morgan fingerprint density at radius 1 is 1.26 bits per heavy atom. The Hall–Kier alpha value is -2.50. The zero-order valence-electron chi connectivity index (χ0n) is 13.3. The number of nitrogens with one attached hydrogen (secondary N) is 1. The van der Waals surface area contributed by atoms with Gasteiger partial charge in [0.2, 0.25) is 0 Å². The average molecular weight is 318 g/mol. The van der Waals surface area contributed by atoms with Crippen LogP contribution in [0.3, 0.4) is 0 Å². The minimum Gasteiger partial charge on any atom is -0.465 e. The van der Waals surface area contributed by atoms with Crippen molar-refractivity contribution in [2.45, 2.75) is 32.5 Å². The summed E-state index contributed by atoms with van der Waals surface area (Å²) in [6.45, 7) is 4.16. The highest BCUT2D eigenvalue weighted by atomic mass is 16.5. The molecule has 0 aliphatic carbocycles. The standard InChI is InChI=1S/C17H22N2O4/c1-12-8-9-13(2)19(17(21)22)10-15(12)18-16(20)23-11-14-6-4-3-5-7-14/h3-9,12-13,15H,10-11H2,1-2H3,(H,18,20)(H,21,22)/t12-,13-,15+/m0/s1. The number of benzene rings is 1. The fourth-order valence-corrected chi connectivity index (χ4v) is 2.46. The molecule has 6 nitrogen and oxygen atoms in total. The van der Waals surface area contributed by atoms with Crippen molar-refractivity contribution in [3.05, 3.63) is 48.0 Å². The molecule has 0 saturated heterocycles. The number of carboxylic acid groups (broad SMARTS) is 1. The van der Waals surface area contributed by atoms with Crippen molar-refractivity contribution in [3.63, 3.8) is 0 Å². The average Bonchev–Trinajstić information content (AvgIpc) is 2.67. The molecule has 2 rings (SSSR count). The van der Waals surface area contributed by atoms with E-state index in [-0.39, 0.29) is 31.2 Å². The van der Waals surface area contributed by atoms with E-state index in [9.17, 15) is 14.7 Å². The molecule has 0 bridgehead atoms. The fourth-order valence-electron chi connectivity index (χ4n) is 2.46. The summed E-state index contributed by atoms with van der Waals surface area (Å²) in [5.74, 6) is 0.0195. The lowest BCUT2D eigenvalue weighted by atomic mass is 10.0. The maximum absolute atomic E-state index is 12.0. The lowest BCUT2D eigenvalue weighted by Crippen LogP contribution is -2.49. The van der Waals surface area contributed by atoms with Crippen molar-refractivity contribution in [2.24, 2.45) is 5.92 Å². The summed E-state index contributed by atoms with van der Waals surface area (Å²) in [7, 11) is 0. The number of carbonyl (C=O) groups excluding carboxylic acids is 1. The molecule has 124 valence electrons. The minimum absolute atomic E-state index is 0.0195. The first-order valence-corrected chi connectivity index (χ1v) is 7.62. The topological polar surface area (TPSA) is 78.9 Å². The highest BCUT2D eigenvalue weighted by molar-refractivity contribution is 5.69. The van der Waals surface area contributed by atoms with Gasteiger partial charge in [0.1, 0.15) is 6.61 Å². The van der Waals surface area contributed by atoms with Gasteiger partial charge in [-0.2, -0.15) is 0 Å². The molecule has 0 aromatic heterocycles. The number of hydrogen-bond acceptors (Lipinski definition) is 3. The number of ether oxygens (including phenoxy) is 1. The maximum Gasteiger partial charge on any atom is 0.407 e. The Bertz CT molecular complexity index is 573. The molecule has 1 aliphatic rings. The van der Waals surface area contributed by atoms with Crippen LogP contribution in [0.5, 0.6) is 0 Å². The summed E-state index contributed by atoms with van der Waals surface area (Å²) in [4.78, 5) is 24.6. The third kappa shape index (κ3) is 4.74. The van der Waals surface area contributed by atoms with E-state index in [4.69, 9.17) is 4.74 Å². The van der Waals surface area contributed by atoms with Crippen molar-refractivity contribution in [1.82, 2.24) is 10.2 Å². The van der Waals surface area contributed by atoms with Crippen LogP contribution < -0.4 is 5.32 Å². The van der Waals surface area contributed by atoms with Gasteiger partial charge < -0.3 is 20.1 Å². The van der Waals surface area contributed by atoms with Gasteiger partial charge >= 0.3 is 12.2 Å². The molecule has 1 heterocycles. The number of alkyl carbamates (subject to hydrolysis) is 1. The first-order valence-electron chi connectivity index (χ1n) is 7.62. The summed E-state index contributed by atoms with van der Waals surface area (Å²) in [6, 6.07) is 8.85. The van der Waals surface area contributed by atoms with Gasteiger partial charge in [-0.3, -0.25) is 0 Å². The smallest absolute Gasteiger partial charge is 0.407 e. The Morgan fingerprint density at radius 3 is 2.61 bits per heavy atom. The summed E-state index contributed by atoms with van der Waals surface area (Å²) in [5.41, 5.74) is 0.900. The molecule has 1 aliphatic heterocycles. The van der Waals surface area contributed by atoms with Crippen LogP contribution in [0.15, 0.2) is 42.5 Å². The third-order valence-electron chi connectivity index (χ3n) is 3.97. The van der Waals surface area contributed by atoms with Crippen molar-refractivity contribution in [2.75, 3.05) is 6.54 Å². The highest BCUT2D eigenvalue weighted by Crippen LogP contribution is 2.16. The quantitative estimate of drug-likeness (QED) is 0.840. The van der Waals surface area contributed by atoms with E-state index in [0.717, 1.165) is 5.56 Å². The molecule has 6 heteroatoms. The molecule has 0 unspecified atom stereocenters. The van der Waals surface area contributed by atoms with Crippen LogP contribution in [-0.2, 0) is 11.3 Å². The third-order valence-corrected chi connectivity index (χ3v) is 3.97. The van der Waals surface area contributed by atoms with Crippen LogP contribution in [-0.4, -0.2) is 40.8 Å². The number of rotatable bonds is 3. The molecule has 0 spiro atoms. The largest absolute Gasteiger partial charge is 0.465 e. The Morgan fingerprint density at radius 2 is 1.96 bits per heavy atom. The molecule has 23 heavy (non-hydrogen) atoms. The lowest BCUT2D eigenvalue weighted by Gasteiger charge is -2.28. The summed E-state index contributed by atoms with van der Waals surface area (Å²) >= 11 is 0. The number of hydrogen-bond donors (Lipinski definition) is 2. The summed E-state index contributed by atoms with van der Waals surface area (Å²) in [6.07, 6.45) is 2.23. The minimum atomic E-state index is -0.999. The fraction of sp³-hybridized carbons (Fsp3) is 0.412. The summed E-state index contributed by atoms with van der Waals surface area (Å²) in [5, 5.41) is 12.0. The van der Waals surface area contributed by atoms with Gasteiger partial charge in [-0.25, -0.2) is 9.59 Å². The van der Waals surface area contributed by atoms with Crippen LogP contribution in [0, 0.1) is 5.92 Å². The number of amides is 2. The van der Waals surface area contributed by atoms with Gasteiger partial charge in [0.05, 0.1) is 12.1 Å². The normalized spacial score (nSPS) is 23.9. The van der Waals surface area contributed by atoms with Crippen molar-refractivity contribution in [1.29, 1.82) is 0 Å². The van der Waals surface area contributed by atoms with E-state index in [2.05, 4.69) is 5.32 Å². The second-order valence-corrected chi connectivity index (χ2v) is 5.73. The van der Waals surface area contributed by atoms with Crippen LogP contribution in [0.25, 0.3) is 0 Å². The highest BCUT2D eigenvalue weighted by Gasteiger charge is 2.29. The van der Waals surface area contributed by atoms with Gasteiger partial charge in [-0.1, -0.05) is 49.4 Å². The molecular formula is C17H22N2O4. The molecule has 1 aromatic carbocycles. The van der Waals surface area contributed by atoms with E-state index in [1.807, 2.05) is 56.3 Å². The molecule has 1 aromatic rings. The van der Waals surface area contributed by atoms with E-state index >= 15 is 0 Å². The van der Waals surface area contributed by atoms with Crippen molar-refractivity contribution < 1.29 is 19.4 Å². The first kappa shape index (κ1) is 16.9. The van der Waals surface area contributed by atoms with Crippen LogP contribution in [0.2, 0.25) is 0 Å². The zero-order valence-corrected chi connectivity index (χ0v) is 13.3. The molecule has 0 fully saturated rings. The Balaban J connectivity index is 1.93. The van der Waals surface area contributed by atoms with Gasteiger partial charge in [0, 0.05) is 6.54 Å². The Labute approximate surface area is 135 Å². The van der Waals surface area contributed by atoms with Crippen LogP contribution >= 0.6 is 0 Å². The Kier molecular flexibility index (Phi) is 5.62. The van der Waals surface area contributed by atoms with Gasteiger partial charge in [-0.05, 0) is 18.4 Å². The van der Waals surface area contributed by atoms with E-state index in [0.29, 0.717) is 0 Å². The first-order chi connectivity index (χ1) is 11.0. The van der Waals surface area contributed by atoms with Crippen LogP contribution in [0.1, 0.15) is 19.4 Å². The van der Waals surface area contributed by atoms with Gasteiger partial charge in [0.25, 0.3) is 0 Å². The number of nitrogens with zero attached hydrogens (tertiary/aromatic N) is 1. The lowest BCUT2D eigenvalue weighted by molar-refractivity contribution is 0.116. The molecule has 2 amide bonds. The van der Waals surface area contributed by atoms with Crippen molar-refractivity contribution in [3.8, 4) is 0 Å². The molecule has 0 saturated carbocycles.